The number of alkyl halides is 2. The number of rotatable bonds is 5. The molecule has 5 rings (SSSR count). The third-order valence-corrected chi connectivity index (χ3v) is 4.89. The highest BCUT2D eigenvalue weighted by molar-refractivity contribution is 5.83. The molecule has 1 aromatic carbocycles. The Morgan fingerprint density at radius 3 is 2.68 bits per heavy atom. The lowest BCUT2D eigenvalue weighted by Crippen LogP contribution is -1.99. The lowest BCUT2D eigenvalue weighted by molar-refractivity contribution is 0.116. The molecule has 0 atom stereocenters. The van der Waals surface area contributed by atoms with E-state index in [-0.39, 0.29) is 5.89 Å². The summed E-state index contributed by atoms with van der Waals surface area (Å²) in [5, 5.41) is 6.94. The van der Waals surface area contributed by atoms with Crippen molar-refractivity contribution < 1.29 is 13.2 Å². The van der Waals surface area contributed by atoms with Gasteiger partial charge in [0.1, 0.15) is 0 Å². The van der Waals surface area contributed by atoms with Gasteiger partial charge in [-0.15, -0.1) is 10.2 Å². The minimum Gasteiger partial charge on any atom is -0.415 e. The summed E-state index contributed by atoms with van der Waals surface area (Å²) in [5.74, 6) is -0.250. The number of imidazole rings is 2. The number of halogens is 2. The number of pyridine rings is 1. The SMILES string of the molecule is Cn1c(N)nc2cc(-c3cn(Cc4ccc(-c5nnc(C(F)F)o5)cn4)cn3)ccc21. The van der Waals surface area contributed by atoms with Crippen molar-refractivity contribution in [3.63, 3.8) is 0 Å². The standard InChI is InChI=1S/C20H16F2N8O/c1-29-16-5-3-11(6-14(16)26-20(29)23)15-9-30(10-25-15)8-13-4-2-12(7-24-13)18-27-28-19(31-18)17(21)22/h2-7,9-10,17H,8H2,1H3,(H2,23,26). The highest BCUT2D eigenvalue weighted by Crippen LogP contribution is 2.25. The second-order valence-corrected chi connectivity index (χ2v) is 6.95. The first kappa shape index (κ1) is 18.9. The van der Waals surface area contributed by atoms with Crippen LogP contribution in [0.1, 0.15) is 18.0 Å². The van der Waals surface area contributed by atoms with E-state index in [1.807, 2.05) is 40.6 Å². The van der Waals surface area contributed by atoms with Crippen LogP contribution in [0.4, 0.5) is 14.7 Å². The van der Waals surface area contributed by atoms with Gasteiger partial charge in [0.2, 0.25) is 11.8 Å². The Morgan fingerprint density at radius 2 is 1.94 bits per heavy atom. The molecule has 31 heavy (non-hydrogen) atoms. The Hall–Kier alpha value is -4.15. The summed E-state index contributed by atoms with van der Waals surface area (Å²) in [6.45, 7) is 0.484. The molecule has 0 saturated carbocycles. The molecule has 2 N–H and O–H groups in total. The van der Waals surface area contributed by atoms with Gasteiger partial charge in [-0.1, -0.05) is 6.07 Å². The van der Waals surface area contributed by atoms with Gasteiger partial charge in [0.05, 0.1) is 40.9 Å². The van der Waals surface area contributed by atoms with Gasteiger partial charge in [0.15, 0.2) is 0 Å². The summed E-state index contributed by atoms with van der Waals surface area (Å²) in [7, 11) is 1.87. The van der Waals surface area contributed by atoms with Crippen molar-refractivity contribution >= 4 is 17.0 Å². The Kier molecular flexibility index (Phi) is 4.42. The zero-order chi connectivity index (χ0) is 21.5. The number of hydrogen-bond acceptors (Lipinski definition) is 7. The fraction of sp³-hybridized carbons (Fsp3) is 0.150. The maximum atomic E-state index is 12.6. The van der Waals surface area contributed by atoms with Gasteiger partial charge in [-0.3, -0.25) is 4.98 Å². The van der Waals surface area contributed by atoms with Gasteiger partial charge in [0, 0.05) is 25.0 Å². The first-order valence-corrected chi connectivity index (χ1v) is 9.29. The summed E-state index contributed by atoms with van der Waals surface area (Å²) in [4.78, 5) is 13.2. The normalized spacial score (nSPS) is 11.6. The summed E-state index contributed by atoms with van der Waals surface area (Å²) in [6, 6.07) is 9.35. The Bertz CT molecular complexity index is 1370. The third-order valence-electron chi connectivity index (χ3n) is 4.89. The largest absolute Gasteiger partial charge is 0.415 e. The summed E-state index contributed by atoms with van der Waals surface area (Å²) in [5.41, 5.74) is 10.6. The topological polar surface area (TPSA) is 113 Å². The quantitative estimate of drug-likeness (QED) is 0.461. The molecule has 9 nitrogen and oxygen atoms in total. The van der Waals surface area contributed by atoms with Gasteiger partial charge >= 0.3 is 6.43 Å². The second-order valence-electron chi connectivity index (χ2n) is 6.95. The second kappa shape index (κ2) is 7.27. The molecule has 0 aliphatic heterocycles. The lowest BCUT2D eigenvalue weighted by atomic mass is 10.1. The minimum absolute atomic E-state index is 0.00446. The summed E-state index contributed by atoms with van der Waals surface area (Å²) in [6.07, 6.45) is 2.33. The molecule has 0 unspecified atom stereocenters. The van der Waals surface area contributed by atoms with Gasteiger partial charge in [-0.25, -0.2) is 9.97 Å². The molecule has 0 saturated heterocycles. The predicted octanol–water partition coefficient (Wildman–Crippen LogP) is 3.45. The smallest absolute Gasteiger partial charge is 0.314 e. The zero-order valence-corrected chi connectivity index (χ0v) is 16.3. The first-order valence-electron chi connectivity index (χ1n) is 9.29. The molecule has 0 radical (unpaired) electrons. The number of nitrogen functional groups attached to an aromatic ring is 1. The number of nitrogens with zero attached hydrogens (tertiary/aromatic N) is 7. The molecule has 0 aliphatic rings. The van der Waals surface area contributed by atoms with E-state index in [1.165, 1.54) is 6.20 Å². The monoisotopic (exact) mass is 422 g/mol. The number of anilines is 1. The van der Waals surface area contributed by atoms with Crippen LogP contribution in [0.2, 0.25) is 0 Å². The average Bonchev–Trinajstić information content (AvgIpc) is 3.49. The summed E-state index contributed by atoms with van der Waals surface area (Å²) >= 11 is 0. The van der Waals surface area contributed by atoms with E-state index in [0.717, 1.165) is 28.0 Å². The molecular weight excluding hydrogens is 406 g/mol. The van der Waals surface area contributed by atoms with Crippen LogP contribution in [-0.2, 0) is 13.6 Å². The molecule has 4 heterocycles. The highest BCUT2D eigenvalue weighted by Gasteiger charge is 2.17. The molecule has 0 aliphatic carbocycles. The van der Waals surface area contributed by atoms with Crippen molar-refractivity contribution in [2.75, 3.05) is 5.73 Å². The van der Waals surface area contributed by atoms with Gasteiger partial charge < -0.3 is 19.3 Å². The van der Waals surface area contributed by atoms with Gasteiger partial charge in [-0.05, 0) is 24.3 Å². The molecule has 5 aromatic rings. The van der Waals surface area contributed by atoms with E-state index in [1.54, 1.807) is 18.5 Å². The molecule has 0 spiro atoms. The van der Waals surface area contributed by atoms with Crippen LogP contribution < -0.4 is 5.73 Å². The van der Waals surface area contributed by atoms with E-state index in [0.29, 0.717) is 18.1 Å². The van der Waals surface area contributed by atoms with E-state index in [9.17, 15) is 8.78 Å². The maximum Gasteiger partial charge on any atom is 0.314 e. The lowest BCUT2D eigenvalue weighted by Gasteiger charge is -2.02. The van der Waals surface area contributed by atoms with Crippen LogP contribution in [-0.4, -0.2) is 34.3 Å². The Balaban J connectivity index is 1.33. The van der Waals surface area contributed by atoms with Crippen LogP contribution in [0.15, 0.2) is 53.5 Å². The Morgan fingerprint density at radius 1 is 1.10 bits per heavy atom. The number of fused-ring (bicyclic) bond motifs is 1. The molecule has 11 heteroatoms. The van der Waals surface area contributed by atoms with E-state index in [4.69, 9.17) is 10.2 Å². The Labute approximate surface area is 174 Å². The molecule has 0 fully saturated rings. The fourth-order valence-corrected chi connectivity index (χ4v) is 3.24. The highest BCUT2D eigenvalue weighted by atomic mass is 19.3. The van der Waals surface area contributed by atoms with Crippen molar-refractivity contribution in [2.45, 2.75) is 13.0 Å². The van der Waals surface area contributed by atoms with Crippen molar-refractivity contribution in [1.82, 2.24) is 34.3 Å². The van der Waals surface area contributed by atoms with Crippen LogP contribution in [0, 0.1) is 0 Å². The number of hydrogen-bond donors (Lipinski definition) is 1. The number of nitrogens with two attached hydrogens (primary N) is 1. The molecule has 4 aromatic heterocycles. The third kappa shape index (κ3) is 3.50. The average molecular weight is 422 g/mol. The van der Waals surface area contributed by atoms with Crippen molar-refractivity contribution in [3.8, 4) is 22.7 Å². The van der Waals surface area contributed by atoms with E-state index in [2.05, 4.69) is 25.1 Å². The first-order chi connectivity index (χ1) is 15.0. The minimum atomic E-state index is -2.81. The predicted molar refractivity (Wildman–Crippen MR) is 108 cm³/mol. The van der Waals surface area contributed by atoms with Crippen molar-refractivity contribution in [2.24, 2.45) is 7.05 Å². The van der Waals surface area contributed by atoms with Crippen molar-refractivity contribution in [3.05, 3.63) is 60.6 Å². The zero-order valence-electron chi connectivity index (χ0n) is 16.3. The number of aryl methyl sites for hydroxylation is 1. The fourth-order valence-electron chi connectivity index (χ4n) is 3.24. The number of aromatic nitrogens is 7. The maximum absolute atomic E-state index is 12.6. The molecule has 156 valence electrons. The van der Waals surface area contributed by atoms with E-state index < -0.39 is 12.3 Å². The molecule has 0 bridgehead atoms. The summed E-state index contributed by atoms with van der Waals surface area (Å²) < 4.78 is 33.9. The van der Waals surface area contributed by atoms with Crippen LogP contribution >= 0.6 is 0 Å². The van der Waals surface area contributed by atoms with Crippen molar-refractivity contribution in [1.29, 1.82) is 0 Å². The van der Waals surface area contributed by atoms with Gasteiger partial charge in [-0.2, -0.15) is 8.78 Å². The van der Waals surface area contributed by atoms with E-state index >= 15 is 0 Å². The van der Waals surface area contributed by atoms with Crippen LogP contribution in [0.5, 0.6) is 0 Å². The molecular formula is C20H16F2N8O. The van der Waals surface area contributed by atoms with Gasteiger partial charge in [0.25, 0.3) is 5.89 Å². The number of benzene rings is 1. The molecule has 0 amide bonds. The van der Waals surface area contributed by atoms with Crippen LogP contribution in [0.25, 0.3) is 33.7 Å². The van der Waals surface area contributed by atoms with Crippen LogP contribution in [0.3, 0.4) is 0 Å².